The van der Waals surface area contributed by atoms with E-state index in [9.17, 15) is 27.6 Å². The van der Waals surface area contributed by atoms with Gasteiger partial charge in [0.1, 0.15) is 12.1 Å². The van der Waals surface area contributed by atoms with Crippen LogP contribution in [0, 0.1) is 5.92 Å². The molecule has 15 heteroatoms. The lowest BCUT2D eigenvalue weighted by Crippen LogP contribution is -2.55. The number of carbonyl (C=O) groups is 4. The molecule has 4 atom stereocenters. The van der Waals surface area contributed by atoms with Crippen molar-refractivity contribution in [2.75, 3.05) is 32.5 Å². The van der Waals surface area contributed by atoms with Gasteiger partial charge in [-0.2, -0.15) is 0 Å². The van der Waals surface area contributed by atoms with Crippen LogP contribution in [0.25, 0.3) is 0 Å². The van der Waals surface area contributed by atoms with Gasteiger partial charge in [-0.25, -0.2) is 27.9 Å². The molecule has 1 aromatic carbocycles. The molecule has 4 N–H and O–H groups in total. The number of nitrogens with zero attached hydrogens (tertiary/aromatic N) is 3. The maximum Gasteiger partial charge on any atom is 0.508 e. The van der Waals surface area contributed by atoms with Crippen molar-refractivity contribution in [2.24, 2.45) is 16.8 Å². The van der Waals surface area contributed by atoms with Crippen LogP contribution in [0.5, 0.6) is 0 Å². The van der Waals surface area contributed by atoms with E-state index in [1.165, 1.54) is 11.1 Å². The van der Waals surface area contributed by atoms with Gasteiger partial charge in [0, 0.05) is 32.3 Å². The second-order valence-corrected chi connectivity index (χ2v) is 13.6. The van der Waals surface area contributed by atoms with Crippen molar-refractivity contribution >= 4 is 40.1 Å². The van der Waals surface area contributed by atoms with E-state index >= 15 is 0 Å². The molecule has 2 heterocycles. The first kappa shape index (κ1) is 36.1. The zero-order chi connectivity index (χ0) is 33.0. The van der Waals surface area contributed by atoms with Gasteiger partial charge in [0.2, 0.25) is 27.7 Å². The van der Waals surface area contributed by atoms with Gasteiger partial charge in [-0.1, -0.05) is 30.3 Å². The summed E-state index contributed by atoms with van der Waals surface area (Å²) in [6, 6.07) is 7.10. The summed E-state index contributed by atoms with van der Waals surface area (Å²) >= 11 is 0. The predicted molar refractivity (Wildman–Crippen MR) is 167 cm³/mol. The monoisotopic (exact) mass is 650 g/mol. The summed E-state index contributed by atoms with van der Waals surface area (Å²) in [5.41, 5.74) is 0.802. The number of nitrogens with two attached hydrogens (primary N) is 1. The van der Waals surface area contributed by atoms with E-state index in [-0.39, 0.29) is 49.3 Å². The molecule has 0 aromatic heterocycles. The first-order valence-electron chi connectivity index (χ1n) is 15.3. The molecule has 2 fully saturated rings. The summed E-state index contributed by atoms with van der Waals surface area (Å²) in [6.07, 6.45) is 4.46. The van der Waals surface area contributed by atoms with E-state index in [1.54, 1.807) is 18.9 Å². The SMILES string of the molecule is CC(C)OC(=O)OCCCC(=O)/N=C/C1CC(CNC(=O)[C@@H]2CCCN2C(=O)[C@@H](Cc2ccccc2)NS(C)(=O)=O)CCN1N. The minimum absolute atomic E-state index is 0.0486. The highest BCUT2D eigenvalue weighted by molar-refractivity contribution is 7.88. The topological polar surface area (TPSA) is 190 Å². The van der Waals surface area contributed by atoms with Gasteiger partial charge in [0.25, 0.3) is 0 Å². The standard InChI is InChI=1S/C30H46N6O8S/c1-21(2)44-30(40)43-16-8-12-27(37)32-20-24-17-23(13-15-36(24)31)19-33-28(38)26-11-7-14-35(26)29(39)25(34-45(3,41)42)18-22-9-5-4-6-10-22/h4-6,9-10,20-21,23-26,34H,7-8,11-19,31H2,1-3H3,(H,33,38)/b32-20+/t23?,24?,25-,26+/m1/s1. The van der Waals surface area contributed by atoms with Crippen molar-refractivity contribution < 1.29 is 37.1 Å². The summed E-state index contributed by atoms with van der Waals surface area (Å²) in [5.74, 6) is 5.14. The van der Waals surface area contributed by atoms with Crippen LogP contribution in [0.2, 0.25) is 0 Å². The third kappa shape index (κ3) is 12.5. The fourth-order valence-corrected chi connectivity index (χ4v) is 6.12. The lowest BCUT2D eigenvalue weighted by atomic mass is 9.92. The number of likely N-dealkylation sites (tertiary alicyclic amines) is 1. The first-order chi connectivity index (χ1) is 21.3. The summed E-state index contributed by atoms with van der Waals surface area (Å²) in [5, 5.41) is 4.59. The van der Waals surface area contributed by atoms with Crippen LogP contribution in [0.15, 0.2) is 35.3 Å². The van der Waals surface area contributed by atoms with Crippen LogP contribution in [-0.4, -0.2) is 105 Å². The van der Waals surface area contributed by atoms with Gasteiger partial charge in [0.05, 0.1) is 25.0 Å². The third-order valence-electron chi connectivity index (χ3n) is 7.61. The van der Waals surface area contributed by atoms with E-state index in [0.29, 0.717) is 45.3 Å². The van der Waals surface area contributed by atoms with Gasteiger partial charge in [-0.05, 0) is 63.9 Å². The molecule has 0 saturated carbocycles. The Morgan fingerprint density at radius 2 is 1.87 bits per heavy atom. The van der Waals surface area contributed by atoms with E-state index in [1.807, 2.05) is 30.3 Å². The molecule has 0 bridgehead atoms. The lowest BCUT2D eigenvalue weighted by Gasteiger charge is -2.35. The number of aliphatic imine (C=N–C) groups is 1. The molecule has 2 unspecified atom stereocenters. The molecule has 3 rings (SSSR count). The Morgan fingerprint density at radius 1 is 1.13 bits per heavy atom. The Labute approximate surface area is 265 Å². The quantitative estimate of drug-likeness (QED) is 0.114. The maximum absolute atomic E-state index is 13.5. The Hall–Kier alpha value is -3.40. The van der Waals surface area contributed by atoms with Crippen LogP contribution < -0.4 is 15.9 Å². The van der Waals surface area contributed by atoms with Crippen molar-refractivity contribution in [3.05, 3.63) is 35.9 Å². The lowest BCUT2D eigenvalue weighted by molar-refractivity contribution is -0.139. The zero-order valence-corrected chi connectivity index (χ0v) is 27.0. The number of sulfonamides is 1. The highest BCUT2D eigenvalue weighted by atomic mass is 32.2. The molecule has 0 aliphatic carbocycles. The number of rotatable bonds is 14. The molecular formula is C30H46N6O8S. The van der Waals surface area contributed by atoms with Crippen LogP contribution >= 0.6 is 0 Å². The van der Waals surface area contributed by atoms with Crippen molar-refractivity contribution in [1.82, 2.24) is 19.9 Å². The smallest absolute Gasteiger partial charge is 0.434 e. The summed E-state index contributed by atoms with van der Waals surface area (Å²) in [7, 11) is -3.68. The van der Waals surface area contributed by atoms with Gasteiger partial charge >= 0.3 is 6.16 Å². The maximum atomic E-state index is 13.5. The predicted octanol–water partition coefficient (Wildman–Crippen LogP) is 1.15. The fourth-order valence-electron chi connectivity index (χ4n) is 5.42. The van der Waals surface area contributed by atoms with Gasteiger partial charge in [-0.15, -0.1) is 0 Å². The summed E-state index contributed by atoms with van der Waals surface area (Å²) in [4.78, 5) is 55.9. The summed E-state index contributed by atoms with van der Waals surface area (Å²) in [6.45, 7) is 4.74. The van der Waals surface area contributed by atoms with E-state index in [0.717, 1.165) is 18.2 Å². The summed E-state index contributed by atoms with van der Waals surface area (Å²) < 4.78 is 36.4. The molecule has 14 nitrogen and oxygen atoms in total. The average molecular weight is 651 g/mol. The van der Waals surface area contributed by atoms with Crippen molar-refractivity contribution in [3.63, 3.8) is 0 Å². The number of nitrogens with one attached hydrogen (secondary N) is 2. The molecule has 45 heavy (non-hydrogen) atoms. The third-order valence-corrected chi connectivity index (χ3v) is 8.33. The number of hydrazine groups is 1. The molecule has 2 aliphatic heterocycles. The highest BCUT2D eigenvalue weighted by Crippen LogP contribution is 2.22. The molecular weight excluding hydrogens is 604 g/mol. The Bertz CT molecular complexity index is 1290. The highest BCUT2D eigenvalue weighted by Gasteiger charge is 2.38. The molecule has 3 amide bonds. The molecule has 2 aliphatic rings. The molecule has 0 radical (unpaired) electrons. The van der Waals surface area contributed by atoms with Crippen LogP contribution in [0.1, 0.15) is 57.9 Å². The number of ether oxygens (including phenoxy) is 2. The molecule has 1 aromatic rings. The number of hydrogen-bond donors (Lipinski definition) is 3. The molecule has 0 spiro atoms. The number of piperidine rings is 1. The minimum Gasteiger partial charge on any atom is -0.434 e. The molecule has 2 saturated heterocycles. The normalized spacial score (nSPS) is 21.5. The van der Waals surface area contributed by atoms with Crippen molar-refractivity contribution in [3.8, 4) is 0 Å². The molecule has 250 valence electrons. The van der Waals surface area contributed by atoms with Crippen LogP contribution in [0.3, 0.4) is 0 Å². The number of amides is 3. The average Bonchev–Trinajstić information content (AvgIpc) is 3.47. The van der Waals surface area contributed by atoms with E-state index < -0.39 is 34.2 Å². The minimum atomic E-state index is -3.68. The zero-order valence-electron chi connectivity index (χ0n) is 26.2. The van der Waals surface area contributed by atoms with Gasteiger partial charge < -0.3 is 19.7 Å². The van der Waals surface area contributed by atoms with Crippen LogP contribution in [0.4, 0.5) is 4.79 Å². The Kier molecular flexibility index (Phi) is 13.9. The van der Waals surface area contributed by atoms with E-state index in [2.05, 4.69) is 15.0 Å². The largest absolute Gasteiger partial charge is 0.508 e. The fraction of sp³-hybridized carbons (Fsp3) is 0.633. The van der Waals surface area contributed by atoms with E-state index in [4.69, 9.17) is 15.3 Å². The van der Waals surface area contributed by atoms with Crippen molar-refractivity contribution in [1.29, 1.82) is 0 Å². The van der Waals surface area contributed by atoms with Crippen molar-refractivity contribution in [2.45, 2.75) is 83.0 Å². The second kappa shape index (κ2) is 17.3. The second-order valence-electron chi connectivity index (χ2n) is 11.8. The number of benzene rings is 1. The van der Waals surface area contributed by atoms with Gasteiger partial charge in [0.15, 0.2) is 0 Å². The first-order valence-corrected chi connectivity index (χ1v) is 17.2. The Morgan fingerprint density at radius 3 is 2.56 bits per heavy atom. The van der Waals surface area contributed by atoms with Gasteiger partial charge in [-0.3, -0.25) is 20.2 Å². The number of hydrogen-bond acceptors (Lipinski definition) is 10. The Balaban J connectivity index is 1.50. The number of carbonyl (C=O) groups excluding carboxylic acids is 4. The van der Waals surface area contributed by atoms with Crippen LogP contribution in [-0.2, 0) is 40.3 Å².